The van der Waals surface area contributed by atoms with Crippen LogP contribution in [0.2, 0.25) is 5.02 Å². The maximum atomic E-state index is 13.2. The first-order valence-electron chi connectivity index (χ1n) is 15.4. The van der Waals surface area contributed by atoms with Gasteiger partial charge in [-0.25, -0.2) is 0 Å². The molecule has 0 aliphatic carbocycles. The minimum Gasteiger partial charge on any atom is -0.378 e. The number of rotatable bonds is 8. The monoisotopic (exact) mass is 601 g/mol. The SMILES string of the molecule is O=C(Nc1cccc(N2CCCC2)c1)c1ccc(N2CCN(C(=O)C(O)c3ccc(CN4CCCC4)cc3Cl)CC2)cc1. The van der Waals surface area contributed by atoms with Crippen LogP contribution in [0.4, 0.5) is 17.1 Å². The molecule has 0 saturated carbocycles. The van der Waals surface area contributed by atoms with E-state index < -0.39 is 6.10 Å². The number of carbonyl (C=O) groups is 2. The predicted molar refractivity (Wildman–Crippen MR) is 172 cm³/mol. The first kappa shape index (κ1) is 29.5. The van der Waals surface area contributed by atoms with E-state index in [1.54, 1.807) is 11.0 Å². The van der Waals surface area contributed by atoms with Gasteiger partial charge in [0.05, 0.1) is 0 Å². The quantitative estimate of drug-likeness (QED) is 0.371. The lowest BCUT2D eigenvalue weighted by Gasteiger charge is -2.37. The highest BCUT2D eigenvalue weighted by Crippen LogP contribution is 2.28. The third kappa shape index (κ3) is 6.98. The standard InChI is InChI=1S/C34H40ClN5O3/c35-31-22-25(24-37-14-1-2-15-37)8-13-30(31)32(41)34(43)40-20-18-39(19-21-40)28-11-9-26(10-12-28)33(42)36-27-6-5-7-29(23-27)38-16-3-4-17-38/h5-13,22-23,32,41H,1-4,14-21,24H2,(H,36,42). The Bertz CT molecular complexity index is 1430. The molecule has 43 heavy (non-hydrogen) atoms. The maximum Gasteiger partial charge on any atom is 0.256 e. The summed E-state index contributed by atoms with van der Waals surface area (Å²) in [5.41, 5.74) is 5.08. The number of piperazine rings is 1. The van der Waals surface area contributed by atoms with Crippen molar-refractivity contribution in [3.05, 3.63) is 88.4 Å². The Labute approximate surface area is 258 Å². The van der Waals surface area contributed by atoms with Gasteiger partial charge in [0.15, 0.2) is 6.10 Å². The number of benzene rings is 3. The van der Waals surface area contributed by atoms with Crippen LogP contribution in [-0.2, 0) is 11.3 Å². The van der Waals surface area contributed by atoms with Crippen molar-refractivity contribution in [2.45, 2.75) is 38.3 Å². The van der Waals surface area contributed by atoms with E-state index in [1.165, 1.54) is 25.7 Å². The average Bonchev–Trinajstić information content (AvgIpc) is 3.76. The van der Waals surface area contributed by atoms with Crippen LogP contribution in [0.1, 0.15) is 53.3 Å². The summed E-state index contributed by atoms with van der Waals surface area (Å²) in [5, 5.41) is 14.4. The summed E-state index contributed by atoms with van der Waals surface area (Å²) in [4.78, 5) is 34.7. The fourth-order valence-electron chi connectivity index (χ4n) is 6.36. The van der Waals surface area contributed by atoms with Crippen LogP contribution >= 0.6 is 11.6 Å². The number of likely N-dealkylation sites (tertiary alicyclic amines) is 1. The molecule has 9 heteroatoms. The fourth-order valence-corrected chi connectivity index (χ4v) is 6.67. The van der Waals surface area contributed by atoms with Gasteiger partial charge in [0.25, 0.3) is 11.8 Å². The van der Waals surface area contributed by atoms with Crippen molar-refractivity contribution in [3.63, 3.8) is 0 Å². The van der Waals surface area contributed by atoms with Gasteiger partial charge in [0, 0.05) is 79.0 Å². The van der Waals surface area contributed by atoms with Crippen LogP contribution in [0, 0.1) is 0 Å². The minimum absolute atomic E-state index is 0.141. The number of carbonyl (C=O) groups excluding carboxylic acids is 2. The minimum atomic E-state index is -1.28. The maximum absolute atomic E-state index is 13.2. The molecule has 2 amide bonds. The largest absolute Gasteiger partial charge is 0.378 e. The summed E-state index contributed by atoms with van der Waals surface area (Å²) in [6.45, 7) is 7.41. The Kier molecular flexibility index (Phi) is 9.17. The van der Waals surface area contributed by atoms with E-state index in [0.717, 1.165) is 55.3 Å². The van der Waals surface area contributed by atoms with E-state index in [4.69, 9.17) is 11.6 Å². The number of aliphatic hydroxyl groups excluding tert-OH is 1. The smallest absolute Gasteiger partial charge is 0.256 e. The summed E-state index contributed by atoms with van der Waals surface area (Å²) >= 11 is 6.52. The van der Waals surface area contributed by atoms with Crippen LogP contribution in [0.25, 0.3) is 0 Å². The van der Waals surface area contributed by atoms with Crippen LogP contribution in [0.5, 0.6) is 0 Å². The van der Waals surface area contributed by atoms with E-state index in [1.807, 2.05) is 54.6 Å². The first-order valence-corrected chi connectivity index (χ1v) is 15.8. The molecule has 0 aromatic heterocycles. The van der Waals surface area contributed by atoms with E-state index in [9.17, 15) is 14.7 Å². The van der Waals surface area contributed by atoms with Crippen LogP contribution in [0.3, 0.4) is 0 Å². The molecule has 3 aromatic rings. The lowest BCUT2D eigenvalue weighted by Crippen LogP contribution is -2.50. The highest BCUT2D eigenvalue weighted by molar-refractivity contribution is 6.31. The molecule has 1 atom stereocenters. The second kappa shape index (κ2) is 13.4. The van der Waals surface area contributed by atoms with Gasteiger partial charge >= 0.3 is 0 Å². The van der Waals surface area contributed by atoms with Gasteiger partial charge in [-0.05, 0) is 92.9 Å². The zero-order chi connectivity index (χ0) is 29.8. The predicted octanol–water partition coefficient (Wildman–Crippen LogP) is 5.17. The number of anilines is 3. The lowest BCUT2D eigenvalue weighted by molar-refractivity contribution is -0.140. The molecular weight excluding hydrogens is 562 g/mol. The number of hydrogen-bond donors (Lipinski definition) is 2. The molecule has 3 aliphatic rings. The first-order chi connectivity index (χ1) is 20.9. The molecule has 3 fully saturated rings. The molecule has 3 heterocycles. The van der Waals surface area contributed by atoms with Crippen molar-refractivity contribution in [2.24, 2.45) is 0 Å². The molecule has 3 aromatic carbocycles. The Balaban J connectivity index is 1.01. The summed E-state index contributed by atoms with van der Waals surface area (Å²) in [7, 11) is 0. The van der Waals surface area contributed by atoms with Crippen LogP contribution < -0.4 is 15.1 Å². The van der Waals surface area contributed by atoms with E-state index >= 15 is 0 Å². The Hall–Kier alpha value is -3.59. The highest BCUT2D eigenvalue weighted by atomic mass is 35.5. The van der Waals surface area contributed by atoms with Gasteiger partial charge in [0.2, 0.25) is 0 Å². The topological polar surface area (TPSA) is 79.4 Å². The Morgan fingerprint density at radius 1 is 0.767 bits per heavy atom. The van der Waals surface area contributed by atoms with Gasteiger partial charge in [0.1, 0.15) is 0 Å². The third-order valence-electron chi connectivity index (χ3n) is 8.86. The van der Waals surface area contributed by atoms with Crippen molar-refractivity contribution in [1.82, 2.24) is 9.80 Å². The highest BCUT2D eigenvalue weighted by Gasteiger charge is 2.29. The summed E-state index contributed by atoms with van der Waals surface area (Å²) in [6, 6.07) is 21.2. The van der Waals surface area contributed by atoms with Gasteiger partial charge in [-0.15, -0.1) is 0 Å². The molecule has 3 aliphatic heterocycles. The van der Waals surface area contributed by atoms with Gasteiger partial charge < -0.3 is 25.1 Å². The van der Waals surface area contributed by atoms with Gasteiger partial charge in [-0.3, -0.25) is 14.5 Å². The third-order valence-corrected chi connectivity index (χ3v) is 9.19. The average molecular weight is 602 g/mol. The van der Waals surface area contributed by atoms with Crippen LogP contribution in [-0.4, -0.2) is 79.1 Å². The van der Waals surface area contributed by atoms with E-state index in [2.05, 4.69) is 26.1 Å². The van der Waals surface area contributed by atoms with Gasteiger partial charge in [-0.2, -0.15) is 0 Å². The summed E-state index contributed by atoms with van der Waals surface area (Å²) in [5.74, 6) is -0.466. The molecule has 226 valence electrons. The number of halogens is 1. The molecule has 6 rings (SSSR count). The number of nitrogens with zero attached hydrogens (tertiary/aromatic N) is 4. The number of hydrogen-bond acceptors (Lipinski definition) is 6. The van der Waals surface area contributed by atoms with Crippen LogP contribution in [0.15, 0.2) is 66.7 Å². The van der Waals surface area contributed by atoms with Crippen molar-refractivity contribution in [1.29, 1.82) is 0 Å². The molecule has 1 unspecified atom stereocenters. The second-order valence-corrected chi connectivity index (χ2v) is 12.2. The summed E-state index contributed by atoms with van der Waals surface area (Å²) in [6.07, 6.45) is 3.58. The molecule has 8 nitrogen and oxygen atoms in total. The normalized spacial score (nSPS) is 18.2. The van der Waals surface area contributed by atoms with Gasteiger partial charge in [-0.1, -0.05) is 29.8 Å². The van der Waals surface area contributed by atoms with Crippen molar-refractivity contribution in [2.75, 3.05) is 67.5 Å². The van der Waals surface area contributed by atoms with E-state index in [-0.39, 0.29) is 11.8 Å². The van der Waals surface area contributed by atoms with Crippen molar-refractivity contribution >= 4 is 40.5 Å². The summed E-state index contributed by atoms with van der Waals surface area (Å²) < 4.78 is 0. The zero-order valence-electron chi connectivity index (χ0n) is 24.6. The zero-order valence-corrected chi connectivity index (χ0v) is 25.3. The number of aliphatic hydroxyl groups is 1. The Morgan fingerprint density at radius 2 is 1.44 bits per heavy atom. The fraction of sp³-hybridized carbons (Fsp3) is 0.412. The lowest BCUT2D eigenvalue weighted by atomic mass is 10.0. The Morgan fingerprint density at radius 3 is 2.14 bits per heavy atom. The van der Waals surface area contributed by atoms with Crippen molar-refractivity contribution in [3.8, 4) is 0 Å². The van der Waals surface area contributed by atoms with Crippen molar-refractivity contribution < 1.29 is 14.7 Å². The molecule has 0 spiro atoms. The molecule has 2 N–H and O–H groups in total. The second-order valence-electron chi connectivity index (χ2n) is 11.8. The molecule has 3 saturated heterocycles. The molecular formula is C34H40ClN5O3. The molecule has 0 radical (unpaired) electrons. The molecule has 0 bridgehead atoms. The number of amides is 2. The van der Waals surface area contributed by atoms with E-state index in [0.29, 0.717) is 42.3 Å². The number of nitrogens with one attached hydrogen (secondary N) is 1.